The van der Waals surface area contributed by atoms with Crippen LogP contribution in [0, 0.1) is 31.8 Å². The van der Waals surface area contributed by atoms with Crippen LogP contribution in [0.1, 0.15) is 146 Å². The van der Waals surface area contributed by atoms with Crippen LogP contribution >= 0.6 is 11.3 Å². The zero-order chi connectivity index (χ0) is 48.2. The number of hydrogen-bond donors (Lipinski definition) is 0. The van der Waals surface area contributed by atoms with E-state index in [1.54, 1.807) is 6.92 Å². The number of unbranched alkanes of at least 4 members (excludes halogenated alkanes) is 14. The summed E-state index contributed by atoms with van der Waals surface area (Å²) < 4.78 is 28.1. The van der Waals surface area contributed by atoms with Crippen molar-refractivity contribution in [3.63, 3.8) is 0 Å². The van der Waals surface area contributed by atoms with Crippen molar-refractivity contribution in [1.29, 1.82) is 5.26 Å². The van der Waals surface area contributed by atoms with E-state index in [1.165, 1.54) is 77.0 Å². The third-order valence-corrected chi connectivity index (χ3v) is 11.0. The van der Waals surface area contributed by atoms with Crippen LogP contribution in [-0.2, 0) is 52.5 Å². The van der Waals surface area contributed by atoms with Gasteiger partial charge in [-0.2, -0.15) is 24.4 Å². The van der Waals surface area contributed by atoms with Gasteiger partial charge in [0.25, 0.3) is 0 Å². The van der Waals surface area contributed by atoms with Crippen LogP contribution in [0.2, 0.25) is 0 Å². The smallest absolute Gasteiger partial charge is 0.373 e. The molecule has 2 aromatic rings. The zero-order valence-electron chi connectivity index (χ0n) is 39.2. The highest BCUT2D eigenvalue weighted by Gasteiger charge is 2.15. The molecule has 2 rings (SSSR count). The maximum atomic E-state index is 12.2. The van der Waals surface area contributed by atoms with Crippen molar-refractivity contribution < 1.29 is 52.5 Å². The minimum atomic E-state index is -0.171. The topological polar surface area (TPSA) is 205 Å². The summed E-state index contributed by atoms with van der Waals surface area (Å²) in [6.45, 7) is 19.5. The Bertz CT molecular complexity index is 1750. The SMILES string of the molecule is O=C=O.O=C=O.[C-]#[N+]c1sc(N=Nc2ccc(N(CCOCCOCCOC(=O)CCCCCCCCCC)CCOCCOC(=O)CCCCCCCCCC)cc2C)c(C#N)c1C. The molecule has 0 N–H and O–H groups in total. The predicted molar refractivity (Wildman–Crippen MR) is 246 cm³/mol. The number of hydrogen-bond acceptors (Lipinski definition) is 16. The minimum absolute atomic E-state index is 0.165. The first kappa shape index (κ1) is 59.9. The molecule has 0 bridgehead atoms. The summed E-state index contributed by atoms with van der Waals surface area (Å²) in [5.74, 6) is -0.336. The van der Waals surface area contributed by atoms with Crippen molar-refractivity contribution in [2.24, 2.45) is 10.2 Å². The lowest BCUT2D eigenvalue weighted by molar-refractivity contribution is -0.193. The number of benzene rings is 1. The number of nitriles is 1. The number of anilines is 1. The summed E-state index contributed by atoms with van der Waals surface area (Å²) in [5, 5.41) is 19.2. The quantitative estimate of drug-likeness (QED) is 0.0270. The van der Waals surface area contributed by atoms with Crippen LogP contribution in [0.25, 0.3) is 4.85 Å². The number of rotatable bonds is 36. The van der Waals surface area contributed by atoms with E-state index in [0.717, 1.165) is 48.3 Å². The van der Waals surface area contributed by atoms with E-state index in [-0.39, 0.29) is 37.5 Å². The van der Waals surface area contributed by atoms with Gasteiger partial charge >= 0.3 is 24.2 Å². The standard InChI is InChI=1S/C46H71N5O7S.2CO2/c1-6-8-10-12-14-16-18-20-22-43(52)57-34-32-55-29-27-51(26-28-54-30-31-56-33-35-58-44(53)23-21-19-17-15-13-11-9-7-2)40-24-25-42(38(3)36-40)49-50-46-41(37-47)39(4)45(48-5)59-46;2*2-1-3/h24-25,36H,6-23,26-35H2,1-4H3;;. The Kier molecular flexibility index (Phi) is 39.4. The van der Waals surface area contributed by atoms with Gasteiger partial charge in [-0.1, -0.05) is 104 Å². The molecule has 0 aliphatic carbocycles. The van der Waals surface area contributed by atoms with Gasteiger partial charge in [0.1, 0.15) is 24.3 Å². The van der Waals surface area contributed by atoms with E-state index in [2.05, 4.69) is 39.9 Å². The minimum Gasteiger partial charge on any atom is -0.463 e. The predicted octanol–water partition coefficient (Wildman–Crippen LogP) is 11.0. The molecule has 65 heavy (non-hydrogen) atoms. The monoisotopic (exact) mass is 925 g/mol. The fraction of sp³-hybridized carbons (Fsp3) is 0.667. The normalized spacial score (nSPS) is 10.4. The van der Waals surface area contributed by atoms with E-state index in [9.17, 15) is 14.9 Å². The average molecular weight is 926 g/mol. The number of esters is 2. The first-order valence-electron chi connectivity index (χ1n) is 22.9. The van der Waals surface area contributed by atoms with E-state index in [1.807, 2.05) is 25.1 Å². The van der Waals surface area contributed by atoms with Gasteiger partial charge in [0.15, 0.2) is 0 Å². The molecule has 1 aromatic carbocycles. The second kappa shape index (κ2) is 42.8. The largest absolute Gasteiger partial charge is 0.463 e. The summed E-state index contributed by atoms with van der Waals surface area (Å²) in [4.78, 5) is 62.4. The van der Waals surface area contributed by atoms with Gasteiger partial charge in [0.2, 0.25) is 5.00 Å². The number of ether oxygens (including phenoxy) is 5. The fourth-order valence-electron chi connectivity index (χ4n) is 6.37. The van der Waals surface area contributed by atoms with Gasteiger partial charge in [0.05, 0.1) is 57.5 Å². The van der Waals surface area contributed by atoms with Crippen LogP contribution in [-0.4, -0.2) is 90.2 Å². The molecular weight excluding hydrogens is 855 g/mol. The van der Waals surface area contributed by atoms with Crippen LogP contribution in [0.3, 0.4) is 0 Å². The first-order valence-corrected chi connectivity index (χ1v) is 23.7. The summed E-state index contributed by atoms with van der Waals surface area (Å²) in [6, 6.07) is 8.01. The lowest BCUT2D eigenvalue weighted by Gasteiger charge is -2.25. The van der Waals surface area contributed by atoms with Crippen molar-refractivity contribution in [2.45, 2.75) is 143 Å². The molecule has 0 saturated carbocycles. The highest BCUT2D eigenvalue weighted by molar-refractivity contribution is 7.20. The Morgan fingerprint density at radius 1 is 0.662 bits per heavy atom. The fourth-order valence-corrected chi connectivity index (χ4v) is 7.23. The van der Waals surface area contributed by atoms with Crippen molar-refractivity contribution in [2.75, 3.05) is 70.8 Å². The number of carbonyl (C=O) groups is 2. The molecular formula is C48H71N5O11S. The molecule has 0 atom stereocenters. The Labute approximate surface area is 390 Å². The third kappa shape index (κ3) is 31.4. The third-order valence-electron chi connectivity index (χ3n) is 9.94. The molecule has 1 aromatic heterocycles. The Hall–Kier alpha value is -5.12. The van der Waals surface area contributed by atoms with Gasteiger partial charge < -0.3 is 28.6 Å². The second-order valence-corrected chi connectivity index (χ2v) is 16.0. The molecule has 360 valence electrons. The second-order valence-electron chi connectivity index (χ2n) is 15.0. The molecule has 17 heteroatoms. The van der Waals surface area contributed by atoms with E-state index >= 15 is 0 Å². The van der Waals surface area contributed by atoms with Gasteiger partial charge in [-0.15, -0.1) is 21.6 Å². The molecule has 1 heterocycles. The summed E-state index contributed by atoms with van der Waals surface area (Å²) >= 11 is 1.16. The van der Waals surface area contributed by atoms with E-state index in [0.29, 0.717) is 92.4 Å². The van der Waals surface area contributed by atoms with Gasteiger partial charge in [0, 0.05) is 31.6 Å². The lowest BCUT2D eigenvalue weighted by atomic mass is 10.1. The summed E-state index contributed by atoms with van der Waals surface area (Å²) in [7, 11) is 0. The van der Waals surface area contributed by atoms with Crippen molar-refractivity contribution in [3.8, 4) is 6.07 Å². The Morgan fingerprint density at radius 2 is 1.09 bits per heavy atom. The van der Waals surface area contributed by atoms with Crippen LogP contribution < -0.4 is 4.90 Å². The highest BCUT2D eigenvalue weighted by atomic mass is 32.1. The summed E-state index contributed by atoms with van der Waals surface area (Å²) in [6.07, 6.45) is 20.4. The van der Waals surface area contributed by atoms with E-state index < -0.39 is 0 Å². The first-order chi connectivity index (χ1) is 31.7. The number of thiophene rings is 1. The van der Waals surface area contributed by atoms with Gasteiger partial charge in [-0.25, -0.2) is 4.85 Å². The maximum Gasteiger partial charge on any atom is 0.373 e. The molecule has 0 spiro atoms. The highest BCUT2D eigenvalue weighted by Crippen LogP contribution is 2.41. The van der Waals surface area contributed by atoms with Gasteiger partial charge in [-0.3, -0.25) is 9.59 Å². The zero-order valence-corrected chi connectivity index (χ0v) is 40.0. The van der Waals surface area contributed by atoms with Crippen molar-refractivity contribution >= 4 is 57.0 Å². The number of carbonyl (C=O) groups excluding carboxylic acids is 6. The molecule has 0 saturated heterocycles. The lowest BCUT2D eigenvalue weighted by Crippen LogP contribution is -2.31. The van der Waals surface area contributed by atoms with E-state index in [4.69, 9.17) is 49.4 Å². The Balaban J connectivity index is 0.00000644. The molecule has 0 amide bonds. The number of azo groups is 1. The average Bonchev–Trinajstić information content (AvgIpc) is 3.61. The van der Waals surface area contributed by atoms with Crippen molar-refractivity contribution in [3.05, 3.63) is 46.3 Å². The number of nitrogens with zero attached hydrogens (tertiary/aromatic N) is 5. The molecule has 0 radical (unpaired) electrons. The molecule has 0 aliphatic rings. The number of aryl methyl sites for hydroxylation is 1. The van der Waals surface area contributed by atoms with Crippen molar-refractivity contribution in [1.82, 2.24) is 0 Å². The van der Waals surface area contributed by atoms with Gasteiger partial charge in [-0.05, 0) is 56.0 Å². The molecule has 16 nitrogen and oxygen atoms in total. The van der Waals surface area contributed by atoms with Crippen LogP contribution in [0.15, 0.2) is 28.4 Å². The molecule has 0 fully saturated rings. The van der Waals surface area contributed by atoms with Crippen LogP contribution in [0.5, 0.6) is 0 Å². The summed E-state index contributed by atoms with van der Waals surface area (Å²) in [5.41, 5.74) is 3.51. The molecule has 0 unspecified atom stereocenters. The van der Waals surface area contributed by atoms with Crippen LogP contribution in [0.4, 0.5) is 21.4 Å². The molecule has 0 aliphatic heterocycles. The maximum absolute atomic E-state index is 12.2. The Morgan fingerprint density at radius 3 is 1.52 bits per heavy atom.